The van der Waals surface area contributed by atoms with Crippen LogP contribution in [0.25, 0.3) is 0 Å². The predicted octanol–water partition coefficient (Wildman–Crippen LogP) is 1.69. The minimum Gasteiger partial charge on any atom is -0.354 e. The third-order valence-corrected chi connectivity index (χ3v) is 3.97. The summed E-state index contributed by atoms with van der Waals surface area (Å²) in [6.45, 7) is 2.62. The Morgan fingerprint density at radius 2 is 2.40 bits per heavy atom. The summed E-state index contributed by atoms with van der Waals surface area (Å²) in [5.74, 6) is 0.925. The van der Waals surface area contributed by atoms with Gasteiger partial charge in [-0.05, 0) is 23.9 Å². The molecule has 6 heteroatoms. The summed E-state index contributed by atoms with van der Waals surface area (Å²) in [5.41, 5.74) is 0. The van der Waals surface area contributed by atoms with Crippen molar-refractivity contribution in [3.63, 3.8) is 0 Å². The zero-order chi connectivity index (χ0) is 14.2. The van der Waals surface area contributed by atoms with Crippen LogP contribution >= 0.6 is 11.3 Å². The van der Waals surface area contributed by atoms with Gasteiger partial charge in [-0.2, -0.15) is 5.10 Å². The Morgan fingerprint density at radius 3 is 3.05 bits per heavy atom. The highest BCUT2D eigenvalue weighted by atomic mass is 32.1. The van der Waals surface area contributed by atoms with E-state index in [4.69, 9.17) is 0 Å². The maximum atomic E-state index is 4.31. The molecule has 0 amide bonds. The SMILES string of the molecule is CN=C(NCCn1cccn1)N(C)CCc1cccs1. The molecule has 0 aliphatic heterocycles. The van der Waals surface area contributed by atoms with Gasteiger partial charge in [0, 0.05) is 44.5 Å². The number of aliphatic imine (C=N–C) groups is 1. The van der Waals surface area contributed by atoms with Crippen molar-refractivity contribution in [1.29, 1.82) is 0 Å². The summed E-state index contributed by atoms with van der Waals surface area (Å²) in [5, 5.41) is 9.65. The van der Waals surface area contributed by atoms with Crippen molar-refractivity contribution in [2.75, 3.05) is 27.2 Å². The van der Waals surface area contributed by atoms with Crippen LogP contribution in [0, 0.1) is 0 Å². The number of rotatable bonds is 6. The monoisotopic (exact) mass is 291 g/mol. The van der Waals surface area contributed by atoms with E-state index in [1.165, 1.54) is 4.88 Å². The molecule has 0 atom stereocenters. The number of hydrogen-bond acceptors (Lipinski definition) is 3. The van der Waals surface area contributed by atoms with Crippen LogP contribution < -0.4 is 5.32 Å². The van der Waals surface area contributed by atoms with Gasteiger partial charge in [0.15, 0.2) is 5.96 Å². The first kappa shape index (κ1) is 14.6. The van der Waals surface area contributed by atoms with Crippen molar-refractivity contribution in [3.05, 3.63) is 40.8 Å². The van der Waals surface area contributed by atoms with Gasteiger partial charge in [0.25, 0.3) is 0 Å². The van der Waals surface area contributed by atoms with E-state index in [0.29, 0.717) is 0 Å². The Balaban J connectivity index is 1.73. The molecule has 0 spiro atoms. The fourth-order valence-corrected chi connectivity index (χ4v) is 2.64. The normalized spacial score (nSPS) is 11.6. The Kier molecular flexibility index (Phi) is 5.61. The largest absolute Gasteiger partial charge is 0.354 e. The van der Waals surface area contributed by atoms with Crippen LogP contribution in [-0.2, 0) is 13.0 Å². The second kappa shape index (κ2) is 7.69. The molecule has 5 nitrogen and oxygen atoms in total. The van der Waals surface area contributed by atoms with E-state index < -0.39 is 0 Å². The van der Waals surface area contributed by atoms with Crippen LogP contribution in [0.2, 0.25) is 0 Å². The quantitative estimate of drug-likeness (QED) is 0.651. The summed E-state index contributed by atoms with van der Waals surface area (Å²) in [4.78, 5) is 7.87. The molecule has 2 rings (SSSR count). The van der Waals surface area contributed by atoms with Crippen LogP contribution in [0.15, 0.2) is 41.0 Å². The zero-order valence-corrected chi connectivity index (χ0v) is 12.8. The van der Waals surface area contributed by atoms with E-state index in [-0.39, 0.29) is 0 Å². The summed E-state index contributed by atoms with van der Waals surface area (Å²) < 4.78 is 1.91. The third-order valence-electron chi connectivity index (χ3n) is 3.03. The van der Waals surface area contributed by atoms with Crippen LogP contribution in [0.4, 0.5) is 0 Å². The standard InChI is InChI=1S/C14H21N5S/c1-15-14(16-8-11-19-9-4-7-17-19)18(2)10-6-13-5-3-12-20-13/h3-5,7,9,12H,6,8,10-11H2,1-2H3,(H,15,16). The molecule has 0 aliphatic carbocycles. The van der Waals surface area contributed by atoms with Gasteiger partial charge < -0.3 is 10.2 Å². The lowest BCUT2D eigenvalue weighted by Gasteiger charge is -2.21. The van der Waals surface area contributed by atoms with Crippen molar-refractivity contribution >= 4 is 17.3 Å². The molecule has 0 aromatic carbocycles. The van der Waals surface area contributed by atoms with Crippen LogP contribution in [0.3, 0.4) is 0 Å². The van der Waals surface area contributed by atoms with E-state index in [9.17, 15) is 0 Å². The third kappa shape index (κ3) is 4.38. The lowest BCUT2D eigenvalue weighted by molar-refractivity contribution is 0.479. The Hall–Kier alpha value is -1.82. The number of aromatic nitrogens is 2. The van der Waals surface area contributed by atoms with E-state index >= 15 is 0 Å². The van der Waals surface area contributed by atoms with Crippen molar-refractivity contribution in [1.82, 2.24) is 20.0 Å². The molecule has 2 heterocycles. The van der Waals surface area contributed by atoms with Crippen molar-refractivity contribution in [3.8, 4) is 0 Å². The highest BCUT2D eigenvalue weighted by molar-refractivity contribution is 7.09. The first-order valence-electron chi connectivity index (χ1n) is 6.71. The Labute approximate surface area is 123 Å². The average Bonchev–Trinajstić information content (AvgIpc) is 3.14. The van der Waals surface area contributed by atoms with Crippen LogP contribution in [-0.4, -0.2) is 47.8 Å². The highest BCUT2D eigenvalue weighted by Crippen LogP contribution is 2.09. The highest BCUT2D eigenvalue weighted by Gasteiger charge is 2.05. The minimum atomic E-state index is 0.817. The van der Waals surface area contributed by atoms with Gasteiger partial charge in [-0.15, -0.1) is 11.3 Å². The van der Waals surface area contributed by atoms with Gasteiger partial charge in [0.2, 0.25) is 0 Å². The summed E-state index contributed by atoms with van der Waals surface area (Å²) in [6, 6.07) is 6.20. The first-order chi connectivity index (χ1) is 9.79. The number of nitrogens with zero attached hydrogens (tertiary/aromatic N) is 4. The van der Waals surface area contributed by atoms with Gasteiger partial charge in [-0.1, -0.05) is 6.07 Å². The van der Waals surface area contributed by atoms with E-state index in [1.54, 1.807) is 17.5 Å². The van der Waals surface area contributed by atoms with Gasteiger partial charge in [0.1, 0.15) is 0 Å². The van der Waals surface area contributed by atoms with Crippen molar-refractivity contribution in [2.45, 2.75) is 13.0 Å². The summed E-state index contributed by atoms with van der Waals surface area (Å²) in [7, 11) is 3.88. The lowest BCUT2D eigenvalue weighted by atomic mass is 10.3. The topological polar surface area (TPSA) is 45.5 Å². The second-order valence-electron chi connectivity index (χ2n) is 4.49. The smallest absolute Gasteiger partial charge is 0.193 e. The Morgan fingerprint density at radius 1 is 1.50 bits per heavy atom. The van der Waals surface area contributed by atoms with E-state index in [0.717, 1.165) is 32.0 Å². The number of likely N-dealkylation sites (N-methyl/N-ethyl adjacent to an activating group) is 1. The van der Waals surface area contributed by atoms with Crippen LogP contribution in [0.5, 0.6) is 0 Å². The predicted molar refractivity (Wildman–Crippen MR) is 84.2 cm³/mol. The molecule has 0 fully saturated rings. The first-order valence-corrected chi connectivity index (χ1v) is 7.59. The molecule has 20 heavy (non-hydrogen) atoms. The lowest BCUT2D eigenvalue weighted by Crippen LogP contribution is -2.41. The van der Waals surface area contributed by atoms with Gasteiger partial charge in [0.05, 0.1) is 6.54 Å². The zero-order valence-electron chi connectivity index (χ0n) is 12.0. The molecule has 2 aromatic rings. The minimum absolute atomic E-state index is 0.817. The fraction of sp³-hybridized carbons (Fsp3) is 0.429. The second-order valence-corrected chi connectivity index (χ2v) is 5.53. The molecule has 0 bridgehead atoms. The van der Waals surface area contributed by atoms with E-state index in [2.05, 4.69) is 44.9 Å². The van der Waals surface area contributed by atoms with Crippen LogP contribution in [0.1, 0.15) is 4.88 Å². The average molecular weight is 291 g/mol. The number of thiophene rings is 1. The number of guanidine groups is 1. The van der Waals surface area contributed by atoms with E-state index in [1.807, 2.05) is 24.0 Å². The van der Waals surface area contributed by atoms with Gasteiger partial charge in [-0.3, -0.25) is 9.67 Å². The molecule has 0 saturated heterocycles. The maximum Gasteiger partial charge on any atom is 0.193 e. The molecule has 0 aliphatic rings. The Bertz CT molecular complexity index is 504. The van der Waals surface area contributed by atoms with Crippen molar-refractivity contribution in [2.24, 2.45) is 4.99 Å². The van der Waals surface area contributed by atoms with Crippen molar-refractivity contribution < 1.29 is 0 Å². The summed E-state index contributed by atoms with van der Waals surface area (Å²) >= 11 is 1.80. The number of nitrogens with one attached hydrogen (secondary N) is 1. The molecular weight excluding hydrogens is 270 g/mol. The summed E-state index contributed by atoms with van der Waals surface area (Å²) in [6.07, 6.45) is 4.81. The maximum absolute atomic E-state index is 4.31. The molecule has 0 radical (unpaired) electrons. The molecule has 1 N–H and O–H groups in total. The molecule has 108 valence electrons. The molecular formula is C14H21N5S. The number of hydrogen-bond donors (Lipinski definition) is 1. The molecule has 2 aromatic heterocycles. The molecule has 0 saturated carbocycles. The fourth-order valence-electron chi connectivity index (χ4n) is 1.94. The van der Waals surface area contributed by atoms with Gasteiger partial charge in [-0.25, -0.2) is 0 Å². The van der Waals surface area contributed by atoms with Gasteiger partial charge >= 0.3 is 0 Å². The molecule has 0 unspecified atom stereocenters.